The summed E-state index contributed by atoms with van der Waals surface area (Å²) in [6, 6.07) is 20.8. The number of rotatable bonds is 5. The third-order valence-electron chi connectivity index (χ3n) is 3.83. The summed E-state index contributed by atoms with van der Waals surface area (Å²) >= 11 is 5.96. The lowest BCUT2D eigenvalue weighted by Gasteiger charge is -2.08. The summed E-state index contributed by atoms with van der Waals surface area (Å²) in [7, 11) is 0. The van der Waals surface area contributed by atoms with Gasteiger partial charge in [-0.25, -0.2) is 0 Å². The molecule has 4 nitrogen and oxygen atoms in total. The van der Waals surface area contributed by atoms with Crippen molar-refractivity contribution in [2.45, 2.75) is 6.54 Å². The highest BCUT2D eigenvalue weighted by atomic mass is 35.5. The van der Waals surface area contributed by atoms with Crippen LogP contribution in [0.4, 0.5) is 0 Å². The summed E-state index contributed by atoms with van der Waals surface area (Å²) in [6.07, 6.45) is 0. The second-order valence-corrected chi connectivity index (χ2v) is 6.03. The lowest BCUT2D eigenvalue weighted by Crippen LogP contribution is -2.36. The van der Waals surface area contributed by atoms with E-state index in [2.05, 4.69) is 10.6 Å². The zero-order valence-electron chi connectivity index (χ0n) is 13.5. The molecule has 0 saturated heterocycles. The first-order valence-corrected chi connectivity index (χ1v) is 8.28. The summed E-state index contributed by atoms with van der Waals surface area (Å²) in [5, 5.41) is 8.01. The molecule has 0 aliphatic rings. The van der Waals surface area contributed by atoms with Crippen LogP contribution in [0.2, 0.25) is 5.02 Å². The lowest BCUT2D eigenvalue weighted by atomic mass is 10.1. The van der Waals surface area contributed by atoms with Crippen LogP contribution in [0.5, 0.6) is 0 Å². The van der Waals surface area contributed by atoms with Crippen molar-refractivity contribution >= 4 is 34.2 Å². The predicted octanol–water partition coefficient (Wildman–Crippen LogP) is 3.54. The van der Waals surface area contributed by atoms with Crippen LogP contribution in [0.1, 0.15) is 15.9 Å². The van der Waals surface area contributed by atoms with Crippen LogP contribution in [-0.4, -0.2) is 18.4 Å². The quantitative estimate of drug-likeness (QED) is 0.738. The monoisotopic (exact) mass is 352 g/mol. The van der Waals surface area contributed by atoms with Crippen molar-refractivity contribution in [1.82, 2.24) is 10.6 Å². The Morgan fingerprint density at radius 1 is 0.840 bits per heavy atom. The van der Waals surface area contributed by atoms with E-state index in [9.17, 15) is 9.59 Å². The molecule has 0 radical (unpaired) electrons. The van der Waals surface area contributed by atoms with Crippen molar-refractivity contribution < 1.29 is 9.59 Å². The highest BCUT2D eigenvalue weighted by Gasteiger charge is 2.10. The number of carbonyl (C=O) groups excluding carboxylic acids is 2. The fraction of sp³-hybridized carbons (Fsp3) is 0.100. The SMILES string of the molecule is O=C(CNC(=O)c1ccccc1Cl)NCc1ccc2ccccc2c1. The van der Waals surface area contributed by atoms with E-state index in [1.54, 1.807) is 24.3 Å². The Labute approximate surface area is 150 Å². The van der Waals surface area contributed by atoms with E-state index in [0.717, 1.165) is 16.3 Å². The molecule has 0 fully saturated rings. The van der Waals surface area contributed by atoms with Gasteiger partial charge in [0.05, 0.1) is 17.1 Å². The van der Waals surface area contributed by atoms with Gasteiger partial charge >= 0.3 is 0 Å². The number of benzene rings is 3. The molecular formula is C20H17ClN2O2. The van der Waals surface area contributed by atoms with Crippen molar-refractivity contribution in [2.75, 3.05) is 6.54 Å². The summed E-state index contributed by atoms with van der Waals surface area (Å²) < 4.78 is 0. The molecule has 126 valence electrons. The molecule has 25 heavy (non-hydrogen) atoms. The Kier molecular flexibility index (Phi) is 5.31. The van der Waals surface area contributed by atoms with Gasteiger partial charge in [0.25, 0.3) is 5.91 Å². The van der Waals surface area contributed by atoms with Crippen molar-refractivity contribution in [3.8, 4) is 0 Å². The summed E-state index contributed by atoms with van der Waals surface area (Å²) in [6.45, 7) is 0.309. The first-order chi connectivity index (χ1) is 12.1. The Morgan fingerprint density at radius 3 is 2.36 bits per heavy atom. The summed E-state index contributed by atoms with van der Waals surface area (Å²) in [5.41, 5.74) is 1.36. The summed E-state index contributed by atoms with van der Waals surface area (Å²) in [5.74, 6) is -0.625. The Morgan fingerprint density at radius 2 is 1.56 bits per heavy atom. The molecular weight excluding hydrogens is 336 g/mol. The van der Waals surface area contributed by atoms with Gasteiger partial charge in [-0.2, -0.15) is 0 Å². The number of hydrogen-bond acceptors (Lipinski definition) is 2. The number of hydrogen-bond donors (Lipinski definition) is 2. The van der Waals surface area contributed by atoms with Crippen molar-refractivity contribution in [3.63, 3.8) is 0 Å². The molecule has 0 unspecified atom stereocenters. The van der Waals surface area contributed by atoms with E-state index < -0.39 is 0 Å². The first-order valence-electron chi connectivity index (χ1n) is 7.90. The highest BCUT2D eigenvalue weighted by Crippen LogP contribution is 2.16. The second-order valence-electron chi connectivity index (χ2n) is 5.62. The maximum absolute atomic E-state index is 12.0. The number of nitrogens with one attached hydrogen (secondary N) is 2. The molecule has 3 aromatic rings. The van der Waals surface area contributed by atoms with Crippen LogP contribution >= 0.6 is 11.6 Å². The minimum atomic E-state index is -0.369. The molecule has 2 N–H and O–H groups in total. The molecule has 3 rings (SSSR count). The first kappa shape index (κ1) is 17.0. The second kappa shape index (κ2) is 7.81. The molecule has 0 atom stereocenters. The maximum Gasteiger partial charge on any atom is 0.253 e. The van der Waals surface area contributed by atoms with Crippen LogP contribution in [0.15, 0.2) is 66.7 Å². The average Bonchev–Trinajstić information content (AvgIpc) is 2.64. The minimum Gasteiger partial charge on any atom is -0.350 e. The van der Waals surface area contributed by atoms with Gasteiger partial charge in [0.1, 0.15) is 0 Å². The van der Waals surface area contributed by atoms with E-state index in [1.807, 2.05) is 42.5 Å². The molecule has 0 aromatic heterocycles. The van der Waals surface area contributed by atoms with Crippen LogP contribution in [0.25, 0.3) is 10.8 Å². The van der Waals surface area contributed by atoms with Crippen LogP contribution in [-0.2, 0) is 11.3 Å². The largest absolute Gasteiger partial charge is 0.350 e. The zero-order valence-corrected chi connectivity index (χ0v) is 14.2. The van der Waals surface area contributed by atoms with Gasteiger partial charge in [-0.3, -0.25) is 9.59 Å². The van der Waals surface area contributed by atoms with Crippen molar-refractivity contribution in [1.29, 1.82) is 0 Å². The molecule has 2 amide bonds. The third-order valence-corrected chi connectivity index (χ3v) is 4.16. The fourth-order valence-corrected chi connectivity index (χ4v) is 2.73. The van der Waals surface area contributed by atoms with E-state index in [0.29, 0.717) is 17.1 Å². The molecule has 0 aliphatic heterocycles. The normalized spacial score (nSPS) is 10.4. The van der Waals surface area contributed by atoms with Gasteiger partial charge in [0.2, 0.25) is 5.91 Å². The predicted molar refractivity (Wildman–Crippen MR) is 99.6 cm³/mol. The average molecular weight is 353 g/mol. The van der Waals surface area contributed by atoms with E-state index >= 15 is 0 Å². The molecule has 5 heteroatoms. The van der Waals surface area contributed by atoms with Crippen molar-refractivity contribution in [3.05, 3.63) is 82.9 Å². The molecule has 3 aromatic carbocycles. The molecule has 0 bridgehead atoms. The van der Waals surface area contributed by atoms with Gasteiger partial charge in [0, 0.05) is 6.54 Å². The third kappa shape index (κ3) is 4.37. The van der Waals surface area contributed by atoms with Gasteiger partial charge in [0.15, 0.2) is 0 Å². The van der Waals surface area contributed by atoms with Crippen LogP contribution in [0.3, 0.4) is 0 Å². The number of carbonyl (C=O) groups is 2. The molecule has 0 saturated carbocycles. The highest BCUT2D eigenvalue weighted by molar-refractivity contribution is 6.33. The molecule has 0 spiro atoms. The Bertz CT molecular complexity index is 924. The molecule has 0 aliphatic carbocycles. The number of halogens is 1. The van der Waals surface area contributed by atoms with E-state index in [1.165, 1.54) is 0 Å². The number of fused-ring (bicyclic) bond motifs is 1. The van der Waals surface area contributed by atoms with Gasteiger partial charge < -0.3 is 10.6 Å². The zero-order chi connectivity index (χ0) is 17.6. The maximum atomic E-state index is 12.0. The van der Waals surface area contributed by atoms with Gasteiger partial charge in [-0.1, -0.05) is 60.1 Å². The van der Waals surface area contributed by atoms with E-state index in [-0.39, 0.29) is 18.4 Å². The Hall–Kier alpha value is -2.85. The summed E-state index contributed by atoms with van der Waals surface area (Å²) in [4.78, 5) is 24.0. The smallest absolute Gasteiger partial charge is 0.253 e. The van der Waals surface area contributed by atoms with Crippen LogP contribution in [0, 0.1) is 0 Å². The topological polar surface area (TPSA) is 58.2 Å². The van der Waals surface area contributed by atoms with Crippen molar-refractivity contribution in [2.24, 2.45) is 0 Å². The Balaban J connectivity index is 1.52. The van der Waals surface area contributed by atoms with E-state index in [4.69, 9.17) is 11.6 Å². The fourth-order valence-electron chi connectivity index (χ4n) is 2.51. The minimum absolute atomic E-state index is 0.0996. The molecule has 0 heterocycles. The standard InChI is InChI=1S/C20H17ClN2O2/c21-18-8-4-3-7-17(18)20(25)23-13-19(24)22-12-14-9-10-15-5-1-2-6-16(15)11-14/h1-11H,12-13H2,(H,22,24)(H,23,25). The van der Waals surface area contributed by atoms with Gasteiger partial charge in [-0.15, -0.1) is 0 Å². The van der Waals surface area contributed by atoms with Gasteiger partial charge in [-0.05, 0) is 34.5 Å². The van der Waals surface area contributed by atoms with Crippen LogP contribution < -0.4 is 10.6 Å². The number of amides is 2. The lowest BCUT2D eigenvalue weighted by molar-refractivity contribution is -0.120.